The van der Waals surface area contributed by atoms with Crippen molar-refractivity contribution in [3.63, 3.8) is 0 Å². The van der Waals surface area contributed by atoms with Crippen molar-refractivity contribution in [2.75, 3.05) is 4.90 Å². The highest BCUT2D eigenvalue weighted by Gasteiger charge is 2.24. The zero-order valence-electron chi connectivity index (χ0n) is 33.2. The summed E-state index contributed by atoms with van der Waals surface area (Å²) in [5, 5.41) is 7.17. The first kappa shape index (κ1) is 34.9. The highest BCUT2D eigenvalue weighted by atomic mass is 16.3. The maximum Gasteiger partial charge on any atom is 0.143 e. The van der Waals surface area contributed by atoms with E-state index in [1.54, 1.807) is 0 Å². The van der Waals surface area contributed by atoms with Gasteiger partial charge in [0.25, 0.3) is 0 Å². The highest BCUT2D eigenvalue weighted by molar-refractivity contribution is 6.11. The summed E-state index contributed by atoms with van der Waals surface area (Å²) in [6.07, 6.45) is 0. The molecule has 61 heavy (non-hydrogen) atoms. The van der Waals surface area contributed by atoms with Gasteiger partial charge in [0.1, 0.15) is 11.2 Å². The molecule has 2 heterocycles. The van der Waals surface area contributed by atoms with Gasteiger partial charge in [0.05, 0.1) is 28.1 Å². The predicted octanol–water partition coefficient (Wildman–Crippen LogP) is 16.3. The van der Waals surface area contributed by atoms with Crippen LogP contribution in [-0.4, -0.2) is 4.57 Å². The lowest BCUT2D eigenvalue weighted by Gasteiger charge is -2.30. The van der Waals surface area contributed by atoms with Gasteiger partial charge in [-0.05, 0) is 70.4 Å². The molecule has 0 amide bonds. The first-order valence-corrected chi connectivity index (χ1v) is 20.9. The van der Waals surface area contributed by atoms with Crippen LogP contribution >= 0.6 is 0 Å². The molecule has 0 aliphatic carbocycles. The van der Waals surface area contributed by atoms with E-state index in [0.29, 0.717) is 0 Å². The minimum Gasteiger partial charge on any atom is -0.455 e. The first-order valence-electron chi connectivity index (χ1n) is 20.9. The molecule has 0 bridgehead atoms. The Bertz CT molecular complexity index is 3550. The van der Waals surface area contributed by atoms with Crippen LogP contribution in [0.3, 0.4) is 0 Å². The summed E-state index contributed by atoms with van der Waals surface area (Å²) in [6.45, 7) is 0. The van der Waals surface area contributed by atoms with Crippen molar-refractivity contribution in [1.82, 2.24) is 4.57 Å². The number of hydrogen-bond acceptors (Lipinski definition) is 2. The lowest BCUT2D eigenvalue weighted by atomic mass is 9.95. The normalized spacial score (nSPS) is 11.6. The number of anilines is 3. The zero-order valence-corrected chi connectivity index (χ0v) is 33.2. The monoisotopic (exact) mass is 778 g/mol. The molecule has 2 aromatic heterocycles. The van der Waals surface area contributed by atoms with E-state index in [2.05, 4.69) is 228 Å². The number of nitrogens with zero attached hydrogens (tertiary/aromatic N) is 2. The smallest absolute Gasteiger partial charge is 0.143 e. The van der Waals surface area contributed by atoms with Crippen molar-refractivity contribution in [1.29, 1.82) is 0 Å². The van der Waals surface area contributed by atoms with E-state index in [1.807, 2.05) is 12.1 Å². The molecule has 0 atom stereocenters. The van der Waals surface area contributed by atoms with Crippen LogP contribution in [0, 0.1) is 0 Å². The molecule has 0 radical (unpaired) electrons. The topological polar surface area (TPSA) is 21.3 Å². The van der Waals surface area contributed by atoms with Crippen LogP contribution < -0.4 is 4.90 Å². The van der Waals surface area contributed by atoms with Crippen LogP contribution in [0.15, 0.2) is 235 Å². The maximum absolute atomic E-state index is 6.50. The molecule has 0 unspecified atom stereocenters. The summed E-state index contributed by atoms with van der Waals surface area (Å²) in [5.41, 5.74) is 15.3. The molecule has 0 fully saturated rings. The number of para-hydroxylation sites is 7. The molecule has 3 heteroatoms. The Balaban J connectivity index is 1.09. The summed E-state index contributed by atoms with van der Waals surface area (Å²) in [4.78, 5) is 2.45. The highest BCUT2D eigenvalue weighted by Crippen LogP contribution is 2.48. The average Bonchev–Trinajstić information content (AvgIpc) is 3.88. The van der Waals surface area contributed by atoms with Crippen LogP contribution in [0.2, 0.25) is 0 Å². The van der Waals surface area contributed by atoms with Crippen molar-refractivity contribution in [2.45, 2.75) is 0 Å². The van der Waals surface area contributed by atoms with E-state index >= 15 is 0 Å². The molecule has 0 saturated heterocycles. The van der Waals surface area contributed by atoms with Crippen LogP contribution in [0.1, 0.15) is 0 Å². The lowest BCUT2D eigenvalue weighted by Crippen LogP contribution is -2.13. The van der Waals surface area contributed by atoms with Gasteiger partial charge in [0, 0.05) is 49.5 Å². The summed E-state index contributed by atoms with van der Waals surface area (Å²) < 4.78 is 8.93. The van der Waals surface area contributed by atoms with Gasteiger partial charge in [-0.25, -0.2) is 0 Å². The predicted molar refractivity (Wildman–Crippen MR) is 257 cm³/mol. The Morgan fingerprint density at radius 1 is 0.328 bits per heavy atom. The van der Waals surface area contributed by atoms with Gasteiger partial charge < -0.3 is 13.9 Å². The molecule has 0 aliphatic rings. The van der Waals surface area contributed by atoms with E-state index in [4.69, 9.17) is 4.42 Å². The quantitative estimate of drug-likeness (QED) is 0.161. The molecule has 0 saturated carbocycles. The van der Waals surface area contributed by atoms with Crippen molar-refractivity contribution in [2.24, 2.45) is 0 Å². The van der Waals surface area contributed by atoms with Gasteiger partial charge in [-0.15, -0.1) is 0 Å². The number of hydrogen-bond donors (Lipinski definition) is 0. The average molecular weight is 779 g/mol. The van der Waals surface area contributed by atoms with Gasteiger partial charge in [0.2, 0.25) is 0 Å². The van der Waals surface area contributed by atoms with Crippen molar-refractivity contribution in [3.8, 4) is 39.1 Å². The van der Waals surface area contributed by atoms with Crippen LogP contribution in [0.5, 0.6) is 0 Å². The number of rotatable bonds is 7. The largest absolute Gasteiger partial charge is 0.455 e. The SMILES string of the molecule is c1ccc(N(c2ccc(-c3cccc4c3oc3ccccc34)cc2)c2ccccc2-c2cccc3ccccc23)c(-c2ccccc2-n2c3ccccc3c3ccccc32)c1. The van der Waals surface area contributed by atoms with E-state index in [0.717, 1.165) is 72.5 Å². The zero-order chi connectivity index (χ0) is 40.3. The third-order valence-electron chi connectivity index (χ3n) is 12.2. The van der Waals surface area contributed by atoms with Crippen molar-refractivity contribution >= 4 is 71.6 Å². The molecule has 0 aliphatic heterocycles. The Kier molecular flexibility index (Phi) is 8.17. The van der Waals surface area contributed by atoms with Gasteiger partial charge in [0.15, 0.2) is 0 Å². The van der Waals surface area contributed by atoms with E-state index in [-0.39, 0.29) is 0 Å². The van der Waals surface area contributed by atoms with Gasteiger partial charge in [-0.3, -0.25) is 0 Å². The second-order valence-electron chi connectivity index (χ2n) is 15.6. The van der Waals surface area contributed by atoms with Gasteiger partial charge in [-0.1, -0.05) is 182 Å². The van der Waals surface area contributed by atoms with Crippen LogP contribution in [0.4, 0.5) is 17.1 Å². The maximum atomic E-state index is 6.50. The second kappa shape index (κ2) is 14.3. The molecule has 3 nitrogen and oxygen atoms in total. The fourth-order valence-electron chi connectivity index (χ4n) is 9.50. The van der Waals surface area contributed by atoms with E-state index < -0.39 is 0 Å². The van der Waals surface area contributed by atoms with Gasteiger partial charge >= 0.3 is 0 Å². The minimum absolute atomic E-state index is 0.899. The lowest BCUT2D eigenvalue weighted by molar-refractivity contribution is 0.670. The number of fused-ring (bicyclic) bond motifs is 7. The van der Waals surface area contributed by atoms with Gasteiger partial charge in [-0.2, -0.15) is 0 Å². The molecule has 12 aromatic rings. The third kappa shape index (κ3) is 5.66. The summed E-state index contributed by atoms with van der Waals surface area (Å²) >= 11 is 0. The first-order chi connectivity index (χ1) is 30.3. The Morgan fingerprint density at radius 2 is 0.820 bits per heavy atom. The van der Waals surface area contributed by atoms with Crippen molar-refractivity contribution in [3.05, 3.63) is 231 Å². The molecule has 286 valence electrons. The fourth-order valence-corrected chi connectivity index (χ4v) is 9.50. The molecule has 0 N–H and O–H groups in total. The number of aromatic nitrogens is 1. The van der Waals surface area contributed by atoms with Crippen LogP contribution in [-0.2, 0) is 0 Å². The Hall–Kier alpha value is -8.14. The summed E-state index contributed by atoms with van der Waals surface area (Å²) in [5.74, 6) is 0. The molecule has 10 aromatic carbocycles. The van der Waals surface area contributed by atoms with Crippen LogP contribution in [0.25, 0.3) is 93.6 Å². The fraction of sp³-hybridized carbons (Fsp3) is 0. The Morgan fingerprint density at radius 3 is 1.56 bits per heavy atom. The molecule has 12 rings (SSSR count). The van der Waals surface area contributed by atoms with E-state index in [9.17, 15) is 0 Å². The summed E-state index contributed by atoms with van der Waals surface area (Å²) in [6, 6.07) is 83.0. The third-order valence-corrected chi connectivity index (χ3v) is 12.2. The molecular formula is C58H38N2O. The van der Waals surface area contributed by atoms with E-state index in [1.165, 1.54) is 38.1 Å². The standard InChI is InChI=1S/C58H38N2O/c1-2-19-42-39(17-1)18-15-27-44(42)45-20-3-9-29-52(45)59(41-37-35-40(36-38-41)43-26-16-28-51-50-25-8-14-34-57(50)61-58(43)51)53-30-10-4-21-46(53)47-22-5-11-31-54(47)60-55-32-12-6-23-48(55)49-24-7-13-33-56(49)60/h1-38H. The molecule has 0 spiro atoms. The number of furan rings is 1. The van der Waals surface area contributed by atoms with Crippen molar-refractivity contribution < 1.29 is 4.42 Å². The summed E-state index contributed by atoms with van der Waals surface area (Å²) in [7, 11) is 0. The Labute approximate surface area is 353 Å². The molecular weight excluding hydrogens is 741 g/mol. The minimum atomic E-state index is 0.899. The second-order valence-corrected chi connectivity index (χ2v) is 15.6. The number of benzene rings is 10.